The van der Waals surface area contributed by atoms with Crippen LogP contribution in [-0.4, -0.2) is 45.4 Å². The van der Waals surface area contributed by atoms with E-state index in [4.69, 9.17) is 0 Å². The fourth-order valence-corrected chi connectivity index (χ4v) is 3.99. The molecule has 0 unspecified atom stereocenters. The highest BCUT2D eigenvalue weighted by molar-refractivity contribution is 7.88. The molecule has 120 valence electrons. The maximum atomic E-state index is 12.7. The highest BCUT2D eigenvalue weighted by Crippen LogP contribution is 2.22. The Morgan fingerprint density at radius 2 is 1.73 bits per heavy atom. The summed E-state index contributed by atoms with van der Waals surface area (Å²) < 4.78 is 28.4. The smallest absolute Gasteiger partial charge is 0.216 e. The molecule has 0 atom stereocenters. The van der Waals surface area contributed by atoms with Crippen molar-refractivity contribution in [3.8, 4) is 0 Å². The van der Waals surface area contributed by atoms with Crippen LogP contribution in [0.1, 0.15) is 36.7 Å². The minimum atomic E-state index is -3.64. The summed E-state index contributed by atoms with van der Waals surface area (Å²) in [4.78, 5) is 8.49. The van der Waals surface area contributed by atoms with Gasteiger partial charge in [0.2, 0.25) is 0 Å². The van der Waals surface area contributed by atoms with Crippen LogP contribution >= 0.6 is 0 Å². The average molecular weight is 323 g/mol. The maximum absolute atomic E-state index is 12.7. The van der Waals surface area contributed by atoms with E-state index in [0.717, 1.165) is 29.8 Å². The lowest BCUT2D eigenvalue weighted by Crippen LogP contribution is -2.38. The van der Waals surface area contributed by atoms with Crippen molar-refractivity contribution < 1.29 is 8.42 Å². The summed E-state index contributed by atoms with van der Waals surface area (Å²) in [5.74, 6) is 0.902. The molecular formula is C14H21N5O2S. The van der Waals surface area contributed by atoms with E-state index >= 15 is 0 Å². The summed E-state index contributed by atoms with van der Waals surface area (Å²) in [5.41, 5.74) is 2.70. The van der Waals surface area contributed by atoms with Crippen LogP contribution in [0.4, 0.5) is 0 Å². The standard InChI is InChI=1S/C14H21N5O2S/c1-9-5-7-18(8-6-9)22(20,21)14-16-13-15-11(3)10(2)12(4)19(13)17-14/h9H,5-8H2,1-4H3. The van der Waals surface area contributed by atoms with E-state index in [2.05, 4.69) is 22.0 Å². The predicted molar refractivity (Wildman–Crippen MR) is 82.1 cm³/mol. The number of sulfonamides is 1. The number of aromatic nitrogens is 4. The number of piperidine rings is 1. The van der Waals surface area contributed by atoms with Crippen LogP contribution in [0.15, 0.2) is 5.16 Å². The predicted octanol–water partition coefficient (Wildman–Crippen LogP) is 1.47. The SMILES string of the molecule is Cc1nc2nc(S(=O)(=O)N3CCC(C)CC3)nn2c(C)c1C. The Morgan fingerprint density at radius 3 is 2.36 bits per heavy atom. The molecule has 0 bridgehead atoms. The molecule has 1 aliphatic rings. The normalized spacial score (nSPS) is 18.2. The van der Waals surface area contributed by atoms with Gasteiger partial charge in [-0.1, -0.05) is 6.92 Å². The van der Waals surface area contributed by atoms with Gasteiger partial charge < -0.3 is 0 Å². The molecule has 2 aromatic rings. The molecule has 2 aromatic heterocycles. The van der Waals surface area contributed by atoms with Crippen LogP contribution in [0.25, 0.3) is 5.78 Å². The molecule has 3 heterocycles. The Hall–Kier alpha value is -1.54. The van der Waals surface area contributed by atoms with E-state index < -0.39 is 10.0 Å². The zero-order chi connectivity index (χ0) is 16.1. The van der Waals surface area contributed by atoms with Crippen LogP contribution in [-0.2, 0) is 10.0 Å². The molecular weight excluding hydrogens is 302 g/mol. The van der Waals surface area contributed by atoms with E-state index in [1.54, 1.807) is 0 Å². The van der Waals surface area contributed by atoms with Crippen LogP contribution in [0, 0.1) is 26.7 Å². The lowest BCUT2D eigenvalue weighted by Gasteiger charge is -2.28. The molecule has 0 aliphatic carbocycles. The summed E-state index contributed by atoms with van der Waals surface area (Å²) >= 11 is 0. The molecule has 0 spiro atoms. The first kappa shape index (κ1) is 15.4. The maximum Gasteiger partial charge on any atom is 0.284 e. The Morgan fingerprint density at radius 1 is 1.09 bits per heavy atom. The highest BCUT2D eigenvalue weighted by atomic mass is 32.2. The molecule has 0 saturated carbocycles. The van der Waals surface area contributed by atoms with Gasteiger partial charge in [-0.25, -0.2) is 13.4 Å². The summed E-state index contributed by atoms with van der Waals surface area (Å²) in [6.45, 7) is 8.93. The van der Waals surface area contributed by atoms with Crippen LogP contribution < -0.4 is 0 Å². The quantitative estimate of drug-likeness (QED) is 0.836. The molecule has 3 rings (SSSR count). The molecule has 22 heavy (non-hydrogen) atoms. The number of aryl methyl sites for hydroxylation is 2. The Bertz CT molecular complexity index is 819. The zero-order valence-electron chi connectivity index (χ0n) is 13.4. The molecule has 1 saturated heterocycles. The molecule has 8 heteroatoms. The molecule has 0 N–H and O–H groups in total. The minimum Gasteiger partial charge on any atom is -0.216 e. The number of hydrogen-bond acceptors (Lipinski definition) is 5. The largest absolute Gasteiger partial charge is 0.284 e. The number of nitrogens with zero attached hydrogens (tertiary/aromatic N) is 5. The molecule has 0 amide bonds. The fraction of sp³-hybridized carbons (Fsp3) is 0.643. The molecule has 1 fully saturated rings. The van der Waals surface area contributed by atoms with Gasteiger partial charge in [0, 0.05) is 24.5 Å². The molecule has 0 radical (unpaired) electrons. The highest BCUT2D eigenvalue weighted by Gasteiger charge is 2.32. The van der Waals surface area contributed by atoms with Crippen molar-refractivity contribution in [1.29, 1.82) is 0 Å². The lowest BCUT2D eigenvalue weighted by molar-refractivity contribution is 0.286. The molecule has 0 aromatic carbocycles. The van der Waals surface area contributed by atoms with Gasteiger partial charge in [0.25, 0.3) is 21.0 Å². The third-order valence-corrected chi connectivity index (χ3v) is 6.23. The van der Waals surface area contributed by atoms with E-state index in [1.807, 2.05) is 20.8 Å². The minimum absolute atomic E-state index is 0.150. The first-order valence-electron chi connectivity index (χ1n) is 7.51. The van der Waals surface area contributed by atoms with Gasteiger partial charge in [-0.3, -0.25) is 0 Å². The summed E-state index contributed by atoms with van der Waals surface area (Å²) in [6, 6.07) is 0. The van der Waals surface area contributed by atoms with E-state index in [0.29, 0.717) is 24.8 Å². The lowest BCUT2D eigenvalue weighted by atomic mass is 10.0. The second-order valence-electron chi connectivity index (χ2n) is 6.10. The van der Waals surface area contributed by atoms with Crippen molar-refractivity contribution in [3.05, 3.63) is 17.0 Å². The second kappa shape index (κ2) is 5.27. The summed E-state index contributed by atoms with van der Waals surface area (Å²) in [7, 11) is -3.64. The number of rotatable bonds is 2. The van der Waals surface area contributed by atoms with Gasteiger partial charge >= 0.3 is 0 Å². The van der Waals surface area contributed by atoms with Crippen molar-refractivity contribution in [1.82, 2.24) is 23.9 Å². The first-order chi connectivity index (χ1) is 10.3. The van der Waals surface area contributed by atoms with Crippen molar-refractivity contribution >= 4 is 15.8 Å². The average Bonchev–Trinajstić information content (AvgIpc) is 2.90. The van der Waals surface area contributed by atoms with Crippen molar-refractivity contribution in [2.24, 2.45) is 5.92 Å². The van der Waals surface area contributed by atoms with E-state index in [9.17, 15) is 8.42 Å². The van der Waals surface area contributed by atoms with Crippen molar-refractivity contribution in [2.45, 2.75) is 45.7 Å². The summed E-state index contributed by atoms with van der Waals surface area (Å²) in [5, 5.41) is 4.04. The van der Waals surface area contributed by atoms with Gasteiger partial charge in [-0.05, 0) is 45.1 Å². The fourth-order valence-electron chi connectivity index (χ4n) is 2.69. The van der Waals surface area contributed by atoms with Gasteiger partial charge in [-0.2, -0.15) is 13.8 Å². The molecule has 7 nitrogen and oxygen atoms in total. The van der Waals surface area contributed by atoms with Crippen LogP contribution in [0.2, 0.25) is 0 Å². The number of hydrogen-bond donors (Lipinski definition) is 0. The van der Waals surface area contributed by atoms with E-state index in [1.165, 1.54) is 8.82 Å². The monoisotopic (exact) mass is 323 g/mol. The van der Waals surface area contributed by atoms with E-state index in [-0.39, 0.29) is 5.16 Å². The Kier molecular flexibility index (Phi) is 3.68. The summed E-state index contributed by atoms with van der Waals surface area (Å²) in [6.07, 6.45) is 1.75. The zero-order valence-corrected chi connectivity index (χ0v) is 14.2. The Balaban J connectivity index is 2.04. The van der Waals surface area contributed by atoms with Gasteiger partial charge in [-0.15, -0.1) is 5.10 Å². The van der Waals surface area contributed by atoms with Crippen molar-refractivity contribution in [3.63, 3.8) is 0 Å². The van der Waals surface area contributed by atoms with Crippen molar-refractivity contribution in [2.75, 3.05) is 13.1 Å². The van der Waals surface area contributed by atoms with Gasteiger partial charge in [0.05, 0.1) is 0 Å². The third kappa shape index (κ3) is 2.40. The molecule has 1 aliphatic heterocycles. The number of fused-ring (bicyclic) bond motifs is 1. The van der Waals surface area contributed by atoms with Crippen LogP contribution in [0.5, 0.6) is 0 Å². The Labute approximate surface area is 130 Å². The van der Waals surface area contributed by atoms with Gasteiger partial charge in [0.1, 0.15) is 0 Å². The first-order valence-corrected chi connectivity index (χ1v) is 8.95. The second-order valence-corrected chi connectivity index (χ2v) is 7.93. The van der Waals surface area contributed by atoms with Gasteiger partial charge in [0.15, 0.2) is 0 Å². The third-order valence-electron chi connectivity index (χ3n) is 4.55. The topological polar surface area (TPSA) is 80.5 Å². The van der Waals surface area contributed by atoms with Crippen LogP contribution in [0.3, 0.4) is 0 Å².